The van der Waals surface area contributed by atoms with Crippen LogP contribution in [0.25, 0.3) is 0 Å². The van der Waals surface area contributed by atoms with E-state index in [2.05, 4.69) is 5.32 Å². The molecule has 1 unspecified atom stereocenters. The first-order chi connectivity index (χ1) is 9.97. The predicted octanol–water partition coefficient (Wildman–Crippen LogP) is -0.0952. The fourth-order valence-corrected chi connectivity index (χ4v) is 2.37. The molecule has 0 aliphatic carbocycles. The summed E-state index contributed by atoms with van der Waals surface area (Å²) >= 11 is 0. The Kier molecular flexibility index (Phi) is 4.98. The minimum absolute atomic E-state index is 0.106. The third-order valence-corrected chi connectivity index (χ3v) is 3.59. The monoisotopic (exact) mass is 295 g/mol. The number of likely N-dealkylation sites (N-methyl/N-ethyl adjacent to an activating group) is 1. The summed E-state index contributed by atoms with van der Waals surface area (Å²) in [5.74, 6) is 0.508. The van der Waals surface area contributed by atoms with Gasteiger partial charge < -0.3 is 19.7 Å². The second-order valence-electron chi connectivity index (χ2n) is 5.29. The number of piperazine rings is 1. The summed E-state index contributed by atoms with van der Waals surface area (Å²) in [6.45, 7) is 3.95. The van der Waals surface area contributed by atoms with Crippen molar-refractivity contribution in [3.8, 4) is 0 Å². The Morgan fingerprint density at radius 1 is 1.52 bits per heavy atom. The van der Waals surface area contributed by atoms with Crippen LogP contribution in [-0.4, -0.2) is 66.1 Å². The van der Waals surface area contributed by atoms with Crippen LogP contribution in [0.4, 0.5) is 0 Å². The maximum atomic E-state index is 12.2. The highest BCUT2D eigenvalue weighted by molar-refractivity contribution is 5.80. The number of amides is 1. The SMILES string of the molecule is Cc1ccc(CN(C)C(=O)CN2CCNCC2C(=O)O)o1. The lowest BCUT2D eigenvalue weighted by Gasteiger charge is -2.33. The van der Waals surface area contributed by atoms with Crippen molar-refractivity contribution in [2.45, 2.75) is 19.5 Å². The molecule has 2 heterocycles. The van der Waals surface area contributed by atoms with Crippen molar-refractivity contribution in [3.63, 3.8) is 0 Å². The largest absolute Gasteiger partial charge is 0.480 e. The molecule has 0 aromatic carbocycles. The second-order valence-corrected chi connectivity index (χ2v) is 5.29. The molecular weight excluding hydrogens is 274 g/mol. The zero-order valence-corrected chi connectivity index (χ0v) is 12.3. The van der Waals surface area contributed by atoms with Crippen LogP contribution in [-0.2, 0) is 16.1 Å². The summed E-state index contributed by atoms with van der Waals surface area (Å²) in [6.07, 6.45) is 0. The molecule has 0 saturated carbocycles. The van der Waals surface area contributed by atoms with Crippen LogP contribution in [0.2, 0.25) is 0 Å². The van der Waals surface area contributed by atoms with E-state index in [4.69, 9.17) is 4.42 Å². The van der Waals surface area contributed by atoms with E-state index in [0.717, 1.165) is 11.5 Å². The third-order valence-electron chi connectivity index (χ3n) is 3.59. The predicted molar refractivity (Wildman–Crippen MR) is 75.8 cm³/mol. The van der Waals surface area contributed by atoms with Gasteiger partial charge in [-0.3, -0.25) is 14.5 Å². The van der Waals surface area contributed by atoms with E-state index < -0.39 is 12.0 Å². The van der Waals surface area contributed by atoms with Crippen LogP contribution < -0.4 is 5.32 Å². The van der Waals surface area contributed by atoms with Crippen LogP contribution in [0.15, 0.2) is 16.5 Å². The van der Waals surface area contributed by atoms with E-state index in [0.29, 0.717) is 26.2 Å². The normalized spacial score (nSPS) is 19.4. The average molecular weight is 295 g/mol. The number of carbonyl (C=O) groups excluding carboxylic acids is 1. The molecule has 1 fully saturated rings. The standard InChI is InChI=1S/C14H21N3O4/c1-10-3-4-11(21-10)8-16(2)13(18)9-17-6-5-15-7-12(17)14(19)20/h3-4,12,15H,5-9H2,1-2H3,(H,19,20). The molecule has 21 heavy (non-hydrogen) atoms. The number of aliphatic carboxylic acids is 1. The van der Waals surface area contributed by atoms with Crippen molar-refractivity contribution in [2.24, 2.45) is 0 Å². The lowest BCUT2D eigenvalue weighted by Crippen LogP contribution is -2.57. The highest BCUT2D eigenvalue weighted by Crippen LogP contribution is 2.10. The molecule has 1 aliphatic rings. The molecule has 0 spiro atoms. The second kappa shape index (κ2) is 6.73. The molecule has 0 radical (unpaired) electrons. The molecule has 7 nitrogen and oxygen atoms in total. The van der Waals surface area contributed by atoms with Crippen molar-refractivity contribution < 1.29 is 19.1 Å². The molecule has 1 amide bonds. The lowest BCUT2D eigenvalue weighted by molar-refractivity contribution is -0.145. The quantitative estimate of drug-likeness (QED) is 0.789. The zero-order valence-electron chi connectivity index (χ0n) is 12.3. The maximum Gasteiger partial charge on any atom is 0.322 e. The highest BCUT2D eigenvalue weighted by atomic mass is 16.4. The molecular formula is C14H21N3O4. The Balaban J connectivity index is 1.91. The van der Waals surface area contributed by atoms with Crippen LogP contribution >= 0.6 is 0 Å². The molecule has 1 saturated heterocycles. The third kappa shape index (κ3) is 4.05. The van der Waals surface area contributed by atoms with Gasteiger partial charge in [0.2, 0.25) is 5.91 Å². The molecule has 1 aromatic rings. The van der Waals surface area contributed by atoms with Crippen molar-refractivity contribution in [1.82, 2.24) is 15.1 Å². The molecule has 0 bridgehead atoms. The number of carboxylic acid groups (broad SMARTS) is 1. The van der Waals surface area contributed by atoms with Crippen LogP contribution in [0.1, 0.15) is 11.5 Å². The molecule has 1 atom stereocenters. The Morgan fingerprint density at radius 3 is 2.90 bits per heavy atom. The number of furan rings is 1. The number of carbonyl (C=O) groups is 2. The fraction of sp³-hybridized carbons (Fsp3) is 0.571. The van der Waals surface area contributed by atoms with E-state index in [1.165, 1.54) is 0 Å². The summed E-state index contributed by atoms with van der Waals surface area (Å²) in [4.78, 5) is 26.7. The maximum absolute atomic E-state index is 12.2. The van der Waals surface area contributed by atoms with Gasteiger partial charge in [0.05, 0.1) is 13.1 Å². The van der Waals surface area contributed by atoms with E-state index in [1.807, 2.05) is 19.1 Å². The van der Waals surface area contributed by atoms with Gasteiger partial charge in [-0.05, 0) is 19.1 Å². The van der Waals surface area contributed by atoms with Crippen molar-refractivity contribution >= 4 is 11.9 Å². The topological polar surface area (TPSA) is 86.0 Å². The molecule has 116 valence electrons. The first-order valence-electron chi connectivity index (χ1n) is 6.94. The number of hydrogen-bond donors (Lipinski definition) is 2. The number of rotatable bonds is 5. The smallest absolute Gasteiger partial charge is 0.322 e. The Bertz CT molecular complexity index is 514. The Morgan fingerprint density at radius 2 is 2.29 bits per heavy atom. The van der Waals surface area contributed by atoms with E-state index >= 15 is 0 Å². The van der Waals surface area contributed by atoms with Gasteiger partial charge in [0, 0.05) is 26.7 Å². The Hall–Kier alpha value is -1.86. The van der Waals surface area contributed by atoms with Crippen molar-refractivity contribution in [2.75, 3.05) is 33.2 Å². The van der Waals surface area contributed by atoms with Crippen LogP contribution in [0.5, 0.6) is 0 Å². The molecule has 7 heteroatoms. The van der Waals surface area contributed by atoms with Crippen molar-refractivity contribution in [3.05, 3.63) is 23.7 Å². The van der Waals surface area contributed by atoms with Crippen LogP contribution in [0, 0.1) is 6.92 Å². The summed E-state index contributed by atoms with van der Waals surface area (Å²) in [5, 5.41) is 12.2. The number of hydrogen-bond acceptors (Lipinski definition) is 5. The fourth-order valence-electron chi connectivity index (χ4n) is 2.37. The van der Waals surface area contributed by atoms with Gasteiger partial charge in [-0.2, -0.15) is 0 Å². The van der Waals surface area contributed by atoms with Gasteiger partial charge in [-0.25, -0.2) is 0 Å². The van der Waals surface area contributed by atoms with E-state index in [9.17, 15) is 14.7 Å². The summed E-state index contributed by atoms with van der Waals surface area (Å²) < 4.78 is 5.44. The number of nitrogens with zero attached hydrogens (tertiary/aromatic N) is 2. The first kappa shape index (κ1) is 15.5. The van der Waals surface area contributed by atoms with Gasteiger partial charge in [-0.1, -0.05) is 0 Å². The van der Waals surface area contributed by atoms with Crippen molar-refractivity contribution in [1.29, 1.82) is 0 Å². The summed E-state index contributed by atoms with van der Waals surface area (Å²) in [5.41, 5.74) is 0. The van der Waals surface area contributed by atoms with Gasteiger partial charge >= 0.3 is 5.97 Å². The highest BCUT2D eigenvalue weighted by Gasteiger charge is 2.30. The van der Waals surface area contributed by atoms with Gasteiger partial charge in [0.15, 0.2) is 0 Å². The summed E-state index contributed by atoms with van der Waals surface area (Å²) in [7, 11) is 1.69. The molecule has 2 N–H and O–H groups in total. The average Bonchev–Trinajstić information content (AvgIpc) is 2.84. The zero-order chi connectivity index (χ0) is 15.4. The number of aryl methyl sites for hydroxylation is 1. The number of nitrogens with one attached hydrogen (secondary N) is 1. The lowest BCUT2D eigenvalue weighted by atomic mass is 10.2. The Labute approximate surface area is 123 Å². The number of carboxylic acids is 1. The van der Waals surface area contributed by atoms with E-state index in [-0.39, 0.29) is 12.5 Å². The van der Waals surface area contributed by atoms with Gasteiger partial charge in [0.1, 0.15) is 17.6 Å². The minimum atomic E-state index is -0.903. The molecule has 1 aliphatic heterocycles. The minimum Gasteiger partial charge on any atom is -0.480 e. The van der Waals surface area contributed by atoms with Gasteiger partial charge in [0.25, 0.3) is 0 Å². The van der Waals surface area contributed by atoms with Gasteiger partial charge in [-0.15, -0.1) is 0 Å². The first-order valence-corrected chi connectivity index (χ1v) is 6.94. The molecule has 1 aromatic heterocycles. The summed E-state index contributed by atoms with van der Waals surface area (Å²) in [6, 6.07) is 3.04. The van der Waals surface area contributed by atoms with E-state index in [1.54, 1.807) is 16.8 Å². The molecule has 2 rings (SSSR count). The van der Waals surface area contributed by atoms with Crippen LogP contribution in [0.3, 0.4) is 0 Å².